The topological polar surface area (TPSA) is 83.6 Å². The molecule has 1 fully saturated rings. The van der Waals surface area contributed by atoms with Crippen molar-refractivity contribution in [3.63, 3.8) is 0 Å². The maximum Gasteiger partial charge on any atom is 0.307 e. The molecule has 1 rings (SSSR count). The predicted octanol–water partition coefficient (Wildman–Crippen LogP) is 0.293. The molecule has 0 aromatic heterocycles. The molecule has 1 saturated heterocycles. The molecular formula is C11H20N2O3. The molecule has 1 amide bonds. The predicted molar refractivity (Wildman–Crippen MR) is 59.8 cm³/mol. The Labute approximate surface area is 95.6 Å². The number of carbonyl (C=O) groups excluding carboxylic acids is 1. The van der Waals surface area contributed by atoms with Crippen molar-refractivity contribution in [3.8, 4) is 0 Å². The van der Waals surface area contributed by atoms with Crippen LogP contribution in [0.25, 0.3) is 0 Å². The second kappa shape index (κ2) is 4.41. The van der Waals surface area contributed by atoms with Crippen LogP contribution in [-0.2, 0) is 9.59 Å². The van der Waals surface area contributed by atoms with Gasteiger partial charge in [0.2, 0.25) is 5.91 Å². The Bertz CT molecular complexity index is 306. The van der Waals surface area contributed by atoms with Gasteiger partial charge in [0.1, 0.15) is 0 Å². The second-order valence-electron chi connectivity index (χ2n) is 5.01. The molecule has 0 aliphatic carbocycles. The fourth-order valence-electron chi connectivity index (χ4n) is 2.07. The van der Waals surface area contributed by atoms with Crippen LogP contribution >= 0.6 is 0 Å². The zero-order valence-electron chi connectivity index (χ0n) is 10.1. The van der Waals surface area contributed by atoms with Crippen LogP contribution in [0.4, 0.5) is 0 Å². The monoisotopic (exact) mass is 228 g/mol. The van der Waals surface area contributed by atoms with Gasteiger partial charge in [-0.2, -0.15) is 0 Å². The number of likely N-dealkylation sites (tertiary alicyclic amines) is 1. The van der Waals surface area contributed by atoms with Crippen molar-refractivity contribution in [3.05, 3.63) is 0 Å². The number of amides is 1. The SMILES string of the molecule is CC(C(=O)O)C(C)N1CCC(C)(C(N)=O)C1. The van der Waals surface area contributed by atoms with E-state index in [4.69, 9.17) is 10.8 Å². The summed E-state index contributed by atoms with van der Waals surface area (Å²) in [5.41, 5.74) is 4.84. The van der Waals surface area contributed by atoms with E-state index in [0.717, 1.165) is 6.54 Å². The number of nitrogens with zero attached hydrogens (tertiary/aromatic N) is 1. The molecule has 5 heteroatoms. The first-order valence-electron chi connectivity index (χ1n) is 5.55. The van der Waals surface area contributed by atoms with Gasteiger partial charge < -0.3 is 10.8 Å². The molecule has 92 valence electrons. The molecule has 3 atom stereocenters. The molecule has 3 N–H and O–H groups in total. The largest absolute Gasteiger partial charge is 0.481 e. The van der Waals surface area contributed by atoms with E-state index in [1.54, 1.807) is 6.92 Å². The van der Waals surface area contributed by atoms with Crippen LogP contribution in [-0.4, -0.2) is 41.0 Å². The van der Waals surface area contributed by atoms with Gasteiger partial charge >= 0.3 is 5.97 Å². The summed E-state index contributed by atoms with van der Waals surface area (Å²) in [7, 11) is 0. The lowest BCUT2D eigenvalue weighted by Gasteiger charge is -2.28. The van der Waals surface area contributed by atoms with Crippen molar-refractivity contribution in [2.45, 2.75) is 33.2 Å². The Hall–Kier alpha value is -1.10. The van der Waals surface area contributed by atoms with Gasteiger partial charge in [0.15, 0.2) is 0 Å². The van der Waals surface area contributed by atoms with E-state index in [2.05, 4.69) is 0 Å². The first-order valence-corrected chi connectivity index (χ1v) is 5.55. The summed E-state index contributed by atoms with van der Waals surface area (Å²) in [4.78, 5) is 24.2. The Kier molecular flexibility index (Phi) is 3.57. The Morgan fingerprint density at radius 1 is 1.44 bits per heavy atom. The van der Waals surface area contributed by atoms with E-state index in [0.29, 0.717) is 13.0 Å². The normalized spacial score (nSPS) is 29.9. The number of carboxylic acid groups (broad SMARTS) is 1. The van der Waals surface area contributed by atoms with Crippen molar-refractivity contribution in [2.75, 3.05) is 13.1 Å². The molecule has 0 bridgehead atoms. The minimum atomic E-state index is -0.805. The summed E-state index contributed by atoms with van der Waals surface area (Å²) in [5.74, 6) is -1.54. The number of nitrogens with two attached hydrogens (primary N) is 1. The van der Waals surface area contributed by atoms with E-state index in [9.17, 15) is 9.59 Å². The van der Waals surface area contributed by atoms with Crippen LogP contribution in [0.1, 0.15) is 27.2 Å². The van der Waals surface area contributed by atoms with Gasteiger partial charge in [-0.15, -0.1) is 0 Å². The Balaban J connectivity index is 2.66. The number of hydrogen-bond acceptors (Lipinski definition) is 3. The molecule has 0 radical (unpaired) electrons. The third kappa shape index (κ3) is 2.35. The van der Waals surface area contributed by atoms with Gasteiger partial charge in [-0.25, -0.2) is 0 Å². The summed E-state index contributed by atoms with van der Waals surface area (Å²) in [6.45, 7) is 6.70. The summed E-state index contributed by atoms with van der Waals surface area (Å²) >= 11 is 0. The molecule has 0 spiro atoms. The Morgan fingerprint density at radius 2 is 2.00 bits per heavy atom. The minimum Gasteiger partial charge on any atom is -0.481 e. The number of primary amides is 1. The number of carbonyl (C=O) groups is 2. The first-order chi connectivity index (χ1) is 7.28. The molecule has 0 aromatic rings. The summed E-state index contributed by atoms with van der Waals surface area (Å²) in [6.07, 6.45) is 0.707. The van der Waals surface area contributed by atoms with Gasteiger partial charge in [0.05, 0.1) is 11.3 Å². The molecule has 1 aliphatic rings. The van der Waals surface area contributed by atoms with E-state index in [-0.39, 0.29) is 11.9 Å². The highest BCUT2D eigenvalue weighted by Gasteiger charge is 2.41. The number of hydrogen-bond donors (Lipinski definition) is 2. The van der Waals surface area contributed by atoms with Crippen molar-refractivity contribution >= 4 is 11.9 Å². The van der Waals surface area contributed by atoms with Crippen molar-refractivity contribution in [2.24, 2.45) is 17.1 Å². The van der Waals surface area contributed by atoms with Crippen LogP contribution in [0.5, 0.6) is 0 Å². The third-order valence-electron chi connectivity index (χ3n) is 3.79. The molecule has 1 heterocycles. The average molecular weight is 228 g/mol. The maximum atomic E-state index is 11.3. The highest BCUT2D eigenvalue weighted by atomic mass is 16.4. The zero-order valence-corrected chi connectivity index (χ0v) is 10.1. The lowest BCUT2D eigenvalue weighted by atomic mass is 9.89. The number of carboxylic acids is 1. The van der Waals surface area contributed by atoms with Crippen LogP contribution in [0.15, 0.2) is 0 Å². The van der Waals surface area contributed by atoms with Crippen molar-refractivity contribution in [1.29, 1.82) is 0 Å². The maximum absolute atomic E-state index is 11.3. The lowest BCUT2D eigenvalue weighted by molar-refractivity contribution is -0.143. The minimum absolute atomic E-state index is 0.0707. The fourth-order valence-corrected chi connectivity index (χ4v) is 2.07. The molecular weight excluding hydrogens is 208 g/mol. The van der Waals surface area contributed by atoms with Gasteiger partial charge in [0, 0.05) is 12.6 Å². The quantitative estimate of drug-likeness (QED) is 0.724. The zero-order chi connectivity index (χ0) is 12.5. The molecule has 0 saturated carbocycles. The number of aliphatic carboxylic acids is 1. The summed E-state index contributed by atoms with van der Waals surface area (Å²) < 4.78 is 0. The van der Waals surface area contributed by atoms with Gasteiger partial charge in [-0.3, -0.25) is 14.5 Å². The van der Waals surface area contributed by atoms with E-state index < -0.39 is 17.3 Å². The first kappa shape index (κ1) is 13.0. The highest BCUT2D eigenvalue weighted by Crippen LogP contribution is 2.32. The molecule has 1 aliphatic heterocycles. The van der Waals surface area contributed by atoms with Crippen molar-refractivity contribution < 1.29 is 14.7 Å². The molecule has 16 heavy (non-hydrogen) atoms. The van der Waals surface area contributed by atoms with Crippen LogP contribution in [0.3, 0.4) is 0 Å². The van der Waals surface area contributed by atoms with Gasteiger partial charge in [-0.1, -0.05) is 6.92 Å². The second-order valence-corrected chi connectivity index (χ2v) is 5.01. The highest BCUT2D eigenvalue weighted by molar-refractivity contribution is 5.81. The summed E-state index contributed by atoms with van der Waals surface area (Å²) in [6, 6.07) is -0.0707. The van der Waals surface area contributed by atoms with Crippen LogP contribution < -0.4 is 5.73 Å². The fraction of sp³-hybridized carbons (Fsp3) is 0.818. The smallest absolute Gasteiger partial charge is 0.307 e. The number of rotatable bonds is 4. The van der Waals surface area contributed by atoms with E-state index in [1.807, 2.05) is 18.7 Å². The van der Waals surface area contributed by atoms with E-state index in [1.165, 1.54) is 0 Å². The van der Waals surface area contributed by atoms with Crippen LogP contribution in [0, 0.1) is 11.3 Å². The molecule has 0 aromatic carbocycles. The van der Waals surface area contributed by atoms with Gasteiger partial charge in [-0.05, 0) is 26.8 Å². The summed E-state index contributed by atoms with van der Waals surface area (Å²) in [5, 5.41) is 8.93. The van der Waals surface area contributed by atoms with E-state index >= 15 is 0 Å². The average Bonchev–Trinajstić information content (AvgIpc) is 2.60. The Morgan fingerprint density at radius 3 is 2.38 bits per heavy atom. The molecule has 3 unspecified atom stereocenters. The third-order valence-corrected chi connectivity index (χ3v) is 3.79. The van der Waals surface area contributed by atoms with Gasteiger partial charge in [0.25, 0.3) is 0 Å². The van der Waals surface area contributed by atoms with Crippen molar-refractivity contribution in [1.82, 2.24) is 4.90 Å². The lowest BCUT2D eigenvalue weighted by Crippen LogP contribution is -2.42. The van der Waals surface area contributed by atoms with Crippen LogP contribution in [0.2, 0.25) is 0 Å². The standard InChI is InChI=1S/C11H20N2O3/c1-7(9(14)15)8(2)13-5-4-11(3,6-13)10(12)16/h7-8H,4-6H2,1-3H3,(H2,12,16)(H,14,15). The molecule has 5 nitrogen and oxygen atoms in total.